The molecule has 1 aliphatic rings. The van der Waals surface area contributed by atoms with Gasteiger partial charge in [-0.25, -0.2) is 4.39 Å². The molecule has 1 aliphatic heterocycles. The SMILES string of the molecule is CC(C)(C)C(=O)NCC1(F)CCN(c2ccnc(C(F)(F)F)c2)CC1. The van der Waals surface area contributed by atoms with Gasteiger partial charge in [-0.3, -0.25) is 9.78 Å². The second-order valence-corrected chi connectivity index (χ2v) is 7.47. The molecule has 1 aromatic rings. The van der Waals surface area contributed by atoms with Crippen LogP contribution in [0.15, 0.2) is 18.3 Å². The third-order valence-corrected chi connectivity index (χ3v) is 4.31. The van der Waals surface area contributed by atoms with E-state index in [1.807, 2.05) is 0 Å². The summed E-state index contributed by atoms with van der Waals surface area (Å²) in [5, 5.41) is 2.63. The lowest BCUT2D eigenvalue weighted by molar-refractivity contribution is -0.141. The Balaban J connectivity index is 1.96. The first kappa shape index (κ1) is 19.5. The average Bonchev–Trinajstić information content (AvgIpc) is 2.52. The fourth-order valence-electron chi connectivity index (χ4n) is 2.62. The summed E-state index contributed by atoms with van der Waals surface area (Å²) in [4.78, 5) is 16.9. The summed E-state index contributed by atoms with van der Waals surface area (Å²) in [5.41, 5.74) is -2.72. The van der Waals surface area contributed by atoms with Crippen LogP contribution in [0.1, 0.15) is 39.3 Å². The number of alkyl halides is 4. The lowest BCUT2D eigenvalue weighted by atomic mass is 9.91. The van der Waals surface area contributed by atoms with Crippen LogP contribution < -0.4 is 10.2 Å². The van der Waals surface area contributed by atoms with Gasteiger partial charge < -0.3 is 10.2 Å². The molecule has 1 aromatic heterocycles. The van der Waals surface area contributed by atoms with Crippen LogP contribution in [0.5, 0.6) is 0 Å². The van der Waals surface area contributed by atoms with E-state index in [1.165, 1.54) is 6.07 Å². The number of halogens is 4. The van der Waals surface area contributed by atoms with Gasteiger partial charge in [0.15, 0.2) is 0 Å². The number of nitrogens with zero attached hydrogens (tertiary/aromatic N) is 2. The Bertz CT molecular complexity index is 617. The second kappa shape index (κ2) is 6.80. The van der Waals surface area contributed by atoms with Gasteiger partial charge in [-0.1, -0.05) is 20.8 Å². The first-order valence-electron chi connectivity index (χ1n) is 8.16. The third-order valence-electron chi connectivity index (χ3n) is 4.31. The molecule has 0 unspecified atom stereocenters. The number of pyridine rings is 1. The highest BCUT2D eigenvalue weighted by Gasteiger charge is 2.37. The summed E-state index contributed by atoms with van der Waals surface area (Å²) in [6.07, 6.45) is -3.12. The van der Waals surface area contributed by atoms with Crippen molar-refractivity contribution in [1.82, 2.24) is 10.3 Å². The fraction of sp³-hybridized carbons (Fsp3) is 0.647. The minimum Gasteiger partial charge on any atom is -0.371 e. The summed E-state index contributed by atoms with van der Waals surface area (Å²) in [7, 11) is 0. The summed E-state index contributed by atoms with van der Waals surface area (Å²) in [5.74, 6) is -0.226. The third kappa shape index (κ3) is 5.06. The first-order chi connectivity index (χ1) is 11.4. The molecule has 4 nitrogen and oxygen atoms in total. The van der Waals surface area contributed by atoms with Crippen LogP contribution in [0.2, 0.25) is 0 Å². The number of hydrogen-bond donors (Lipinski definition) is 1. The van der Waals surface area contributed by atoms with Crippen LogP contribution in [0, 0.1) is 5.41 Å². The highest BCUT2D eigenvalue weighted by atomic mass is 19.4. The number of amides is 1. The molecular weight excluding hydrogens is 338 g/mol. The van der Waals surface area contributed by atoms with Gasteiger partial charge >= 0.3 is 6.18 Å². The zero-order valence-electron chi connectivity index (χ0n) is 14.6. The molecule has 2 heterocycles. The van der Waals surface area contributed by atoms with Gasteiger partial charge in [-0.05, 0) is 12.1 Å². The predicted molar refractivity (Wildman–Crippen MR) is 87.0 cm³/mol. The van der Waals surface area contributed by atoms with Gasteiger partial charge in [0.25, 0.3) is 0 Å². The Morgan fingerprint density at radius 1 is 1.28 bits per heavy atom. The van der Waals surface area contributed by atoms with Crippen LogP contribution in [-0.4, -0.2) is 36.2 Å². The Labute approximate surface area is 144 Å². The number of piperidine rings is 1. The molecule has 1 saturated heterocycles. The topological polar surface area (TPSA) is 45.2 Å². The Hall–Kier alpha value is -1.86. The van der Waals surface area contributed by atoms with Crippen LogP contribution in [0.4, 0.5) is 23.2 Å². The Morgan fingerprint density at radius 2 is 1.88 bits per heavy atom. The molecule has 2 rings (SSSR count). The highest BCUT2D eigenvalue weighted by molar-refractivity contribution is 5.81. The summed E-state index contributed by atoms with van der Waals surface area (Å²) >= 11 is 0. The van der Waals surface area contributed by atoms with Crippen LogP contribution in [0.3, 0.4) is 0 Å². The van der Waals surface area contributed by atoms with E-state index in [-0.39, 0.29) is 38.4 Å². The average molecular weight is 361 g/mol. The van der Waals surface area contributed by atoms with Crippen LogP contribution in [-0.2, 0) is 11.0 Å². The van der Waals surface area contributed by atoms with Crippen molar-refractivity contribution < 1.29 is 22.4 Å². The van der Waals surface area contributed by atoms with Gasteiger partial charge in [0, 0.05) is 43.2 Å². The molecule has 0 aromatic carbocycles. The maximum Gasteiger partial charge on any atom is 0.433 e. The molecule has 0 atom stereocenters. The van der Waals surface area contributed by atoms with Crippen molar-refractivity contribution in [2.75, 3.05) is 24.5 Å². The van der Waals surface area contributed by atoms with Crippen molar-refractivity contribution in [3.8, 4) is 0 Å². The molecule has 8 heteroatoms. The minimum absolute atomic E-state index is 0.0823. The van der Waals surface area contributed by atoms with Gasteiger partial charge in [-0.2, -0.15) is 13.2 Å². The summed E-state index contributed by atoms with van der Waals surface area (Å²) in [6, 6.07) is 2.47. The van der Waals surface area contributed by atoms with E-state index in [4.69, 9.17) is 0 Å². The molecule has 0 spiro atoms. The monoisotopic (exact) mass is 361 g/mol. The van der Waals surface area contributed by atoms with Crippen LogP contribution in [0.25, 0.3) is 0 Å². The smallest absolute Gasteiger partial charge is 0.371 e. The van der Waals surface area contributed by atoms with Gasteiger partial charge in [0.2, 0.25) is 5.91 Å². The van der Waals surface area contributed by atoms with E-state index < -0.39 is 23.0 Å². The van der Waals surface area contributed by atoms with Crippen molar-refractivity contribution in [2.45, 2.75) is 45.5 Å². The number of aromatic nitrogens is 1. The maximum atomic E-state index is 14.8. The second-order valence-electron chi connectivity index (χ2n) is 7.47. The van der Waals surface area contributed by atoms with Gasteiger partial charge in [0.05, 0.1) is 6.54 Å². The summed E-state index contributed by atoms with van der Waals surface area (Å²) < 4.78 is 53.1. The fourth-order valence-corrected chi connectivity index (χ4v) is 2.62. The lowest BCUT2D eigenvalue weighted by Crippen LogP contribution is -2.50. The predicted octanol–water partition coefficient (Wildman–Crippen LogP) is 3.57. The molecular formula is C17H23F4N3O. The van der Waals surface area contributed by atoms with Crippen molar-refractivity contribution in [2.24, 2.45) is 5.41 Å². The lowest BCUT2D eigenvalue weighted by Gasteiger charge is -2.38. The largest absolute Gasteiger partial charge is 0.433 e. The molecule has 25 heavy (non-hydrogen) atoms. The molecule has 0 radical (unpaired) electrons. The highest BCUT2D eigenvalue weighted by Crippen LogP contribution is 2.33. The number of nitrogens with one attached hydrogen (secondary N) is 1. The van der Waals surface area contributed by atoms with E-state index in [0.717, 1.165) is 12.3 Å². The number of carbonyl (C=O) groups excluding carboxylic acids is 1. The Kier molecular flexibility index (Phi) is 5.30. The molecule has 1 N–H and O–H groups in total. The molecule has 0 saturated carbocycles. The molecule has 140 valence electrons. The zero-order chi connectivity index (χ0) is 18.9. The first-order valence-corrected chi connectivity index (χ1v) is 8.16. The van der Waals surface area contributed by atoms with E-state index in [2.05, 4.69) is 10.3 Å². The van der Waals surface area contributed by atoms with E-state index in [1.54, 1.807) is 25.7 Å². The number of carbonyl (C=O) groups is 1. The Morgan fingerprint density at radius 3 is 2.40 bits per heavy atom. The van der Waals surface area contributed by atoms with Crippen molar-refractivity contribution in [1.29, 1.82) is 0 Å². The van der Waals surface area contributed by atoms with E-state index in [0.29, 0.717) is 5.69 Å². The van der Waals surface area contributed by atoms with Crippen molar-refractivity contribution >= 4 is 11.6 Å². The number of hydrogen-bond acceptors (Lipinski definition) is 3. The summed E-state index contributed by atoms with van der Waals surface area (Å²) in [6.45, 7) is 5.72. The number of anilines is 1. The zero-order valence-corrected chi connectivity index (χ0v) is 14.6. The van der Waals surface area contributed by atoms with Crippen LogP contribution >= 0.6 is 0 Å². The molecule has 1 fully saturated rings. The van der Waals surface area contributed by atoms with Gasteiger partial charge in [-0.15, -0.1) is 0 Å². The minimum atomic E-state index is -4.51. The van der Waals surface area contributed by atoms with Gasteiger partial charge in [0.1, 0.15) is 11.4 Å². The van der Waals surface area contributed by atoms with Crippen molar-refractivity contribution in [3.63, 3.8) is 0 Å². The molecule has 1 amide bonds. The van der Waals surface area contributed by atoms with E-state index in [9.17, 15) is 22.4 Å². The quantitative estimate of drug-likeness (QED) is 0.837. The maximum absolute atomic E-state index is 14.8. The van der Waals surface area contributed by atoms with Crippen molar-refractivity contribution in [3.05, 3.63) is 24.0 Å². The molecule has 0 aliphatic carbocycles. The van der Waals surface area contributed by atoms with E-state index >= 15 is 0 Å². The number of rotatable bonds is 3. The normalized spacial score (nSPS) is 18.1. The standard InChI is InChI=1S/C17H23F4N3O/c1-15(2,3)14(25)23-11-16(18)5-8-24(9-6-16)12-4-7-22-13(10-12)17(19,20)21/h4,7,10H,5-6,8-9,11H2,1-3H3,(H,23,25). The molecule has 0 bridgehead atoms.